The van der Waals surface area contributed by atoms with E-state index in [-0.39, 0.29) is 48.4 Å². The number of carbonyl (C=O) groups excluding carboxylic acids is 3. The van der Waals surface area contributed by atoms with Gasteiger partial charge in [-0.1, -0.05) is 0 Å². The van der Waals surface area contributed by atoms with Crippen LogP contribution in [0.25, 0.3) is 0 Å². The monoisotopic (exact) mass is 496 g/mol. The van der Waals surface area contributed by atoms with Crippen molar-refractivity contribution in [2.75, 3.05) is 40.0 Å². The molecule has 12 heteroatoms. The van der Waals surface area contributed by atoms with Crippen molar-refractivity contribution in [2.24, 2.45) is 0 Å². The second kappa shape index (κ2) is 10.9. The van der Waals surface area contributed by atoms with Crippen LogP contribution in [0.2, 0.25) is 0 Å². The topological polar surface area (TPSA) is 128 Å². The first-order valence-corrected chi connectivity index (χ1v) is 12.3. The average Bonchev–Trinajstić information content (AvgIpc) is 3.30. The van der Waals surface area contributed by atoms with Gasteiger partial charge >= 0.3 is 5.97 Å². The number of carbonyl (C=O) groups is 3. The van der Waals surface area contributed by atoms with Crippen molar-refractivity contribution in [3.63, 3.8) is 0 Å². The number of morpholine rings is 1. The molecular formula is C21H24N2O8S2. The van der Waals surface area contributed by atoms with E-state index in [1.165, 1.54) is 47.9 Å². The Hall–Kier alpha value is -2.80. The number of amides is 1. The molecule has 0 bridgehead atoms. The van der Waals surface area contributed by atoms with Gasteiger partial charge in [-0.15, -0.1) is 11.3 Å². The van der Waals surface area contributed by atoms with Crippen LogP contribution >= 0.6 is 11.3 Å². The molecule has 1 aromatic carbocycles. The summed E-state index contributed by atoms with van der Waals surface area (Å²) in [5.41, 5.74) is -0.0204. The number of esters is 1. The lowest BCUT2D eigenvalue weighted by atomic mass is 10.2. The molecule has 1 fully saturated rings. The average molecular weight is 497 g/mol. The number of nitrogens with zero attached hydrogens (tertiary/aromatic N) is 1. The molecular weight excluding hydrogens is 472 g/mol. The Morgan fingerprint density at radius 3 is 2.55 bits per heavy atom. The smallest absolute Gasteiger partial charge is 0.338 e. The Balaban J connectivity index is 1.69. The lowest BCUT2D eigenvalue weighted by Gasteiger charge is -2.26. The third-order valence-corrected chi connectivity index (χ3v) is 7.82. The number of thiophene rings is 1. The van der Waals surface area contributed by atoms with Crippen molar-refractivity contribution in [3.05, 3.63) is 45.6 Å². The maximum Gasteiger partial charge on any atom is 0.338 e. The van der Waals surface area contributed by atoms with Gasteiger partial charge in [-0.3, -0.25) is 9.59 Å². The number of hydrogen-bond donors (Lipinski definition) is 1. The first kappa shape index (κ1) is 24.8. The molecule has 2 heterocycles. The van der Waals surface area contributed by atoms with E-state index in [1.807, 2.05) is 0 Å². The summed E-state index contributed by atoms with van der Waals surface area (Å²) in [6.07, 6.45) is 0. The van der Waals surface area contributed by atoms with E-state index in [1.54, 1.807) is 12.1 Å². The molecule has 2 aromatic rings. The number of rotatable bonds is 9. The third-order valence-electron chi connectivity index (χ3n) is 4.77. The number of ether oxygens (including phenoxy) is 3. The van der Waals surface area contributed by atoms with Gasteiger partial charge in [0.15, 0.2) is 6.61 Å². The molecule has 1 N–H and O–H groups in total. The van der Waals surface area contributed by atoms with Gasteiger partial charge in [0.1, 0.15) is 10.6 Å². The predicted octanol–water partition coefficient (Wildman–Crippen LogP) is 1.45. The molecule has 1 saturated heterocycles. The van der Waals surface area contributed by atoms with Gasteiger partial charge in [0.2, 0.25) is 21.7 Å². The van der Waals surface area contributed by atoms with Crippen molar-refractivity contribution in [2.45, 2.75) is 18.4 Å². The maximum atomic E-state index is 13.0. The lowest BCUT2D eigenvalue weighted by Crippen LogP contribution is -2.40. The zero-order valence-corrected chi connectivity index (χ0v) is 19.8. The summed E-state index contributed by atoms with van der Waals surface area (Å²) in [7, 11) is -2.58. The minimum atomic E-state index is -3.92. The number of Topliss-reactive ketones (excluding diaryl/α,β-unsaturated/α-hetero) is 1. The van der Waals surface area contributed by atoms with Gasteiger partial charge in [-0.05, 0) is 30.3 Å². The predicted molar refractivity (Wildman–Crippen MR) is 119 cm³/mol. The van der Waals surface area contributed by atoms with Crippen LogP contribution in [0.1, 0.15) is 31.8 Å². The Kier molecular flexibility index (Phi) is 8.19. The molecule has 1 amide bonds. The van der Waals surface area contributed by atoms with E-state index < -0.39 is 28.4 Å². The van der Waals surface area contributed by atoms with Crippen LogP contribution in [0.5, 0.6) is 5.75 Å². The van der Waals surface area contributed by atoms with Crippen LogP contribution in [0.4, 0.5) is 0 Å². The molecule has 3 rings (SSSR count). The summed E-state index contributed by atoms with van der Waals surface area (Å²) in [6, 6.07) is 7.24. The van der Waals surface area contributed by atoms with Crippen molar-refractivity contribution < 1.29 is 37.0 Å². The molecule has 0 unspecified atom stereocenters. The summed E-state index contributed by atoms with van der Waals surface area (Å²) in [5, 5.41) is 2.64. The van der Waals surface area contributed by atoms with Gasteiger partial charge in [-0.25, -0.2) is 13.2 Å². The highest BCUT2D eigenvalue weighted by molar-refractivity contribution is 7.89. The summed E-state index contributed by atoms with van der Waals surface area (Å²) in [6.45, 7) is 2.14. The highest BCUT2D eigenvalue weighted by atomic mass is 32.2. The quantitative estimate of drug-likeness (QED) is 0.408. The number of ketones is 1. The van der Waals surface area contributed by atoms with Crippen molar-refractivity contribution in [1.29, 1.82) is 0 Å². The summed E-state index contributed by atoms with van der Waals surface area (Å²) >= 11 is 1.19. The molecule has 0 radical (unpaired) electrons. The summed E-state index contributed by atoms with van der Waals surface area (Å²) < 4.78 is 42.9. The maximum absolute atomic E-state index is 13.0. The molecule has 10 nitrogen and oxygen atoms in total. The molecule has 0 saturated carbocycles. The van der Waals surface area contributed by atoms with E-state index in [2.05, 4.69) is 5.32 Å². The first-order chi connectivity index (χ1) is 15.7. The molecule has 178 valence electrons. The Morgan fingerprint density at radius 1 is 1.15 bits per heavy atom. The van der Waals surface area contributed by atoms with Gasteiger partial charge < -0.3 is 19.5 Å². The highest BCUT2D eigenvalue weighted by Gasteiger charge is 2.30. The molecule has 0 atom stereocenters. The summed E-state index contributed by atoms with van der Waals surface area (Å²) in [5.74, 6) is -1.32. The normalized spacial score (nSPS) is 14.5. The largest absolute Gasteiger partial charge is 0.495 e. The Labute approximate surface area is 195 Å². The molecule has 1 aliphatic heterocycles. The molecule has 0 aliphatic carbocycles. The molecule has 0 spiro atoms. The zero-order chi connectivity index (χ0) is 24.0. The van der Waals surface area contributed by atoms with Gasteiger partial charge in [0.25, 0.3) is 0 Å². The second-order valence-electron chi connectivity index (χ2n) is 7.06. The van der Waals surface area contributed by atoms with Crippen molar-refractivity contribution in [1.82, 2.24) is 9.62 Å². The fraction of sp³-hybridized carbons (Fsp3) is 0.381. The standard InChI is InChI=1S/C21H24N2O8S2/c1-14(24)22-12-16-4-6-19(32-16)17(25)13-31-21(26)15-3-5-18(29-2)20(11-15)33(27,28)23-7-9-30-10-8-23/h3-6,11H,7-10,12-13H2,1-2H3,(H,22,24). The molecule has 1 aromatic heterocycles. The molecule has 1 aliphatic rings. The van der Waals surface area contributed by atoms with Crippen molar-refractivity contribution in [3.8, 4) is 5.75 Å². The van der Waals surface area contributed by atoms with Crippen LogP contribution in [0.15, 0.2) is 35.2 Å². The second-order valence-corrected chi connectivity index (χ2v) is 10.1. The van der Waals surface area contributed by atoms with Gasteiger partial charge in [-0.2, -0.15) is 4.31 Å². The van der Waals surface area contributed by atoms with Gasteiger partial charge in [0, 0.05) is 24.9 Å². The highest BCUT2D eigenvalue weighted by Crippen LogP contribution is 2.29. The van der Waals surface area contributed by atoms with Crippen LogP contribution in [-0.2, 0) is 30.8 Å². The minimum absolute atomic E-state index is 0.0204. The van der Waals surface area contributed by atoms with Crippen LogP contribution in [0, 0.1) is 0 Å². The number of nitrogens with one attached hydrogen (secondary N) is 1. The zero-order valence-electron chi connectivity index (χ0n) is 18.2. The van der Waals surface area contributed by atoms with E-state index in [0.29, 0.717) is 11.4 Å². The van der Waals surface area contributed by atoms with Crippen LogP contribution in [0.3, 0.4) is 0 Å². The number of benzene rings is 1. The van der Waals surface area contributed by atoms with Crippen molar-refractivity contribution >= 4 is 39.0 Å². The van der Waals surface area contributed by atoms with Gasteiger partial charge in [0.05, 0.1) is 37.3 Å². The minimum Gasteiger partial charge on any atom is -0.495 e. The fourth-order valence-electron chi connectivity index (χ4n) is 3.05. The lowest BCUT2D eigenvalue weighted by molar-refractivity contribution is -0.119. The van der Waals surface area contributed by atoms with E-state index >= 15 is 0 Å². The molecule has 33 heavy (non-hydrogen) atoms. The Morgan fingerprint density at radius 2 is 1.88 bits per heavy atom. The van der Waals surface area contributed by atoms with Crippen LogP contribution in [-0.4, -0.2) is 70.4 Å². The summed E-state index contributed by atoms with van der Waals surface area (Å²) in [4.78, 5) is 36.9. The first-order valence-electron chi connectivity index (χ1n) is 10.0. The SMILES string of the molecule is COc1ccc(C(=O)OCC(=O)c2ccc(CNC(C)=O)s2)cc1S(=O)(=O)N1CCOCC1. The van der Waals surface area contributed by atoms with E-state index in [4.69, 9.17) is 14.2 Å². The van der Waals surface area contributed by atoms with E-state index in [9.17, 15) is 22.8 Å². The number of sulfonamides is 1. The van der Waals surface area contributed by atoms with Crippen LogP contribution < -0.4 is 10.1 Å². The number of methoxy groups -OCH3 is 1. The Bertz CT molecular complexity index is 1140. The fourth-order valence-corrected chi connectivity index (χ4v) is 5.51. The van der Waals surface area contributed by atoms with E-state index in [0.717, 1.165) is 4.88 Å². The third kappa shape index (κ3) is 6.16. The number of hydrogen-bond acceptors (Lipinski definition) is 9.